The molecule has 0 saturated heterocycles. The van der Waals surface area contributed by atoms with E-state index in [0.717, 1.165) is 23.8 Å². The molecule has 1 aromatic carbocycles. The van der Waals surface area contributed by atoms with Gasteiger partial charge in [0, 0.05) is 17.7 Å². The van der Waals surface area contributed by atoms with Crippen LogP contribution < -0.4 is 16.6 Å². The quantitative estimate of drug-likeness (QED) is 0.282. The van der Waals surface area contributed by atoms with Gasteiger partial charge in [0.2, 0.25) is 5.91 Å². The minimum absolute atomic E-state index is 0.000154. The summed E-state index contributed by atoms with van der Waals surface area (Å²) in [7, 11) is 0. The van der Waals surface area contributed by atoms with E-state index < -0.39 is 0 Å². The monoisotopic (exact) mass is 323 g/mol. The molecule has 0 radical (unpaired) electrons. The highest BCUT2D eigenvalue weighted by Gasteiger charge is 2.06. The molecule has 0 aliphatic heterocycles. The Morgan fingerprint density at radius 3 is 2.55 bits per heavy atom. The molecule has 0 saturated carbocycles. The van der Waals surface area contributed by atoms with E-state index in [1.54, 1.807) is 24.3 Å². The van der Waals surface area contributed by atoms with Gasteiger partial charge in [-0.05, 0) is 48.1 Å². The molecular weight excluding hydrogens is 298 g/mol. The summed E-state index contributed by atoms with van der Waals surface area (Å²) in [5.41, 5.74) is 3.21. The molecule has 0 aromatic heterocycles. The summed E-state index contributed by atoms with van der Waals surface area (Å²) in [5.74, 6) is 7.61. The summed E-state index contributed by atoms with van der Waals surface area (Å²) in [5, 5.41) is 2.83. The molecule has 0 aliphatic carbocycles. The van der Waals surface area contributed by atoms with Gasteiger partial charge in [-0.25, -0.2) is 5.84 Å². The van der Waals surface area contributed by atoms with Gasteiger partial charge in [0.15, 0.2) is 0 Å². The number of thioether (sulfide) groups is 1. The highest BCUT2D eigenvalue weighted by Crippen LogP contribution is 2.14. The first-order chi connectivity index (χ1) is 10.6. The van der Waals surface area contributed by atoms with Crippen molar-refractivity contribution >= 4 is 29.3 Å². The van der Waals surface area contributed by atoms with Crippen LogP contribution in [-0.2, 0) is 4.79 Å². The first kappa shape index (κ1) is 18.5. The van der Waals surface area contributed by atoms with E-state index in [9.17, 15) is 9.59 Å². The van der Waals surface area contributed by atoms with Crippen molar-refractivity contribution < 1.29 is 9.59 Å². The molecule has 4 N–H and O–H groups in total. The third kappa shape index (κ3) is 6.95. The molecule has 5 nitrogen and oxygen atoms in total. The van der Waals surface area contributed by atoms with E-state index in [0.29, 0.717) is 17.7 Å². The van der Waals surface area contributed by atoms with E-state index in [2.05, 4.69) is 24.6 Å². The summed E-state index contributed by atoms with van der Waals surface area (Å²) >= 11 is 1.91. The van der Waals surface area contributed by atoms with Gasteiger partial charge in [0.05, 0.1) is 0 Å². The summed E-state index contributed by atoms with van der Waals surface area (Å²) < 4.78 is 0. The number of carbonyl (C=O) groups excluding carboxylic acids is 2. The second-order valence-electron chi connectivity index (χ2n) is 5.29. The van der Waals surface area contributed by atoms with Gasteiger partial charge in [-0.3, -0.25) is 15.0 Å². The Balaban J connectivity index is 2.26. The summed E-state index contributed by atoms with van der Waals surface area (Å²) in [6, 6.07) is 6.64. The number of nitrogens with two attached hydrogens (primary N) is 1. The van der Waals surface area contributed by atoms with Crippen LogP contribution in [0, 0.1) is 5.92 Å². The van der Waals surface area contributed by atoms with Crippen LogP contribution in [0.3, 0.4) is 0 Å². The number of anilines is 1. The number of amides is 2. The fourth-order valence-electron chi connectivity index (χ4n) is 1.75. The standard InChI is InChI=1S/C16H25N3O2S/c1-3-12(2)11-22-10-4-5-15(20)18-14-8-6-13(7-9-14)16(21)19-17/h6-9,12H,3-5,10-11,17H2,1-2H3,(H,18,20)(H,19,21). The number of hydrazine groups is 1. The van der Waals surface area contributed by atoms with Crippen molar-refractivity contribution in [3.05, 3.63) is 29.8 Å². The second kappa shape index (κ2) is 10.2. The number of nitrogens with one attached hydrogen (secondary N) is 2. The number of hydrogen-bond donors (Lipinski definition) is 3. The van der Waals surface area contributed by atoms with Crippen LogP contribution in [0.2, 0.25) is 0 Å². The smallest absolute Gasteiger partial charge is 0.265 e. The Bertz CT molecular complexity index is 477. The Labute approximate surface area is 136 Å². The highest BCUT2D eigenvalue weighted by atomic mass is 32.2. The van der Waals surface area contributed by atoms with Crippen molar-refractivity contribution in [2.24, 2.45) is 11.8 Å². The molecule has 6 heteroatoms. The van der Waals surface area contributed by atoms with E-state index in [4.69, 9.17) is 5.84 Å². The fourth-order valence-corrected chi connectivity index (χ4v) is 2.90. The molecule has 1 unspecified atom stereocenters. The Morgan fingerprint density at radius 1 is 1.27 bits per heavy atom. The molecule has 0 heterocycles. The van der Waals surface area contributed by atoms with Crippen LogP contribution in [0.25, 0.3) is 0 Å². The largest absolute Gasteiger partial charge is 0.326 e. The first-order valence-corrected chi connectivity index (χ1v) is 8.70. The molecule has 0 aliphatic rings. The number of benzene rings is 1. The summed E-state index contributed by atoms with van der Waals surface area (Å²) in [4.78, 5) is 23.1. The van der Waals surface area contributed by atoms with Gasteiger partial charge in [-0.1, -0.05) is 20.3 Å². The third-order valence-corrected chi connectivity index (χ3v) is 4.74. The lowest BCUT2D eigenvalue weighted by atomic mass is 10.2. The molecule has 2 amide bonds. The average Bonchev–Trinajstić information content (AvgIpc) is 2.54. The van der Waals surface area contributed by atoms with Crippen LogP contribution in [0.5, 0.6) is 0 Å². The summed E-state index contributed by atoms with van der Waals surface area (Å²) in [6.45, 7) is 4.44. The average molecular weight is 323 g/mol. The molecule has 22 heavy (non-hydrogen) atoms. The number of hydrogen-bond acceptors (Lipinski definition) is 4. The van der Waals surface area contributed by atoms with Crippen LogP contribution in [0.4, 0.5) is 5.69 Å². The van der Waals surface area contributed by atoms with Crippen molar-refractivity contribution in [1.29, 1.82) is 0 Å². The van der Waals surface area contributed by atoms with Crippen molar-refractivity contribution in [1.82, 2.24) is 5.43 Å². The van der Waals surface area contributed by atoms with Gasteiger partial charge < -0.3 is 5.32 Å². The van der Waals surface area contributed by atoms with E-state index in [-0.39, 0.29) is 11.8 Å². The molecule has 0 fully saturated rings. The zero-order valence-electron chi connectivity index (χ0n) is 13.2. The Morgan fingerprint density at radius 2 is 1.95 bits per heavy atom. The number of nitrogen functional groups attached to an aromatic ring is 1. The number of rotatable bonds is 9. The number of carbonyl (C=O) groups is 2. The minimum atomic E-state index is -0.351. The lowest BCUT2D eigenvalue weighted by Crippen LogP contribution is -2.29. The molecule has 0 spiro atoms. The Hall–Kier alpha value is -1.53. The zero-order chi connectivity index (χ0) is 16.4. The molecule has 1 rings (SSSR count). The van der Waals surface area contributed by atoms with E-state index in [1.165, 1.54) is 6.42 Å². The maximum atomic E-state index is 11.8. The van der Waals surface area contributed by atoms with Gasteiger partial charge in [0.25, 0.3) is 5.91 Å². The van der Waals surface area contributed by atoms with Crippen molar-refractivity contribution in [3.63, 3.8) is 0 Å². The third-order valence-electron chi connectivity index (χ3n) is 3.35. The van der Waals surface area contributed by atoms with Crippen LogP contribution in [0.15, 0.2) is 24.3 Å². The molecule has 0 bridgehead atoms. The van der Waals surface area contributed by atoms with Gasteiger partial charge in [-0.2, -0.15) is 11.8 Å². The molecular formula is C16H25N3O2S. The van der Waals surface area contributed by atoms with Gasteiger partial charge in [-0.15, -0.1) is 0 Å². The predicted octanol–water partition coefficient (Wildman–Crippen LogP) is 2.79. The van der Waals surface area contributed by atoms with Gasteiger partial charge >= 0.3 is 0 Å². The minimum Gasteiger partial charge on any atom is -0.326 e. The Kier molecular flexibility index (Phi) is 8.62. The summed E-state index contributed by atoms with van der Waals surface area (Å²) in [6.07, 6.45) is 2.59. The first-order valence-electron chi connectivity index (χ1n) is 7.55. The van der Waals surface area contributed by atoms with E-state index >= 15 is 0 Å². The maximum absolute atomic E-state index is 11.8. The topological polar surface area (TPSA) is 84.2 Å². The lowest BCUT2D eigenvalue weighted by molar-refractivity contribution is -0.116. The van der Waals surface area contributed by atoms with Crippen molar-refractivity contribution in [3.8, 4) is 0 Å². The van der Waals surface area contributed by atoms with Crippen LogP contribution >= 0.6 is 11.8 Å². The maximum Gasteiger partial charge on any atom is 0.265 e. The van der Waals surface area contributed by atoms with Crippen molar-refractivity contribution in [2.45, 2.75) is 33.1 Å². The normalized spacial score (nSPS) is 11.8. The van der Waals surface area contributed by atoms with Crippen LogP contribution in [0.1, 0.15) is 43.5 Å². The molecule has 1 atom stereocenters. The van der Waals surface area contributed by atoms with Crippen LogP contribution in [-0.4, -0.2) is 23.3 Å². The predicted molar refractivity (Wildman–Crippen MR) is 92.7 cm³/mol. The molecule has 122 valence electrons. The van der Waals surface area contributed by atoms with E-state index in [1.807, 2.05) is 11.8 Å². The lowest BCUT2D eigenvalue weighted by Gasteiger charge is -2.08. The molecule has 1 aromatic rings. The zero-order valence-corrected chi connectivity index (χ0v) is 14.0. The van der Waals surface area contributed by atoms with Gasteiger partial charge in [0.1, 0.15) is 0 Å². The highest BCUT2D eigenvalue weighted by molar-refractivity contribution is 7.99. The SMILES string of the molecule is CCC(C)CSCCCC(=O)Nc1ccc(C(=O)NN)cc1. The second-order valence-corrected chi connectivity index (χ2v) is 6.44. The van der Waals surface area contributed by atoms with Crippen molar-refractivity contribution in [2.75, 3.05) is 16.8 Å². The fraction of sp³-hybridized carbons (Fsp3) is 0.500.